The topological polar surface area (TPSA) is 108 Å². The molecule has 0 radical (unpaired) electrons. The molecule has 0 bridgehead atoms. The Morgan fingerprint density at radius 3 is 2.48 bits per heavy atom. The molecule has 1 aromatic carbocycles. The lowest BCUT2D eigenvalue weighted by Crippen LogP contribution is -2.43. The summed E-state index contributed by atoms with van der Waals surface area (Å²) in [7, 11) is 0. The van der Waals surface area contributed by atoms with Crippen LogP contribution in [-0.2, 0) is 16.8 Å². The maximum atomic E-state index is 14.7. The minimum Gasteiger partial charge on any atom is -0.445 e. The van der Waals surface area contributed by atoms with Crippen molar-refractivity contribution in [3.05, 3.63) is 83.4 Å². The number of hydrogen-bond donors (Lipinski definition) is 3. The van der Waals surface area contributed by atoms with E-state index < -0.39 is 11.9 Å². The van der Waals surface area contributed by atoms with Gasteiger partial charge in [-0.2, -0.15) is 4.39 Å². The van der Waals surface area contributed by atoms with Gasteiger partial charge in [-0.3, -0.25) is 9.52 Å². The second-order valence-electron chi connectivity index (χ2n) is 14.7. The van der Waals surface area contributed by atoms with Crippen LogP contribution in [0.2, 0.25) is 0 Å². The molecule has 2 aliphatic heterocycles. The Morgan fingerprint density at radius 2 is 1.81 bits per heavy atom. The molecule has 4 heterocycles. The Morgan fingerprint density at radius 1 is 1.06 bits per heavy atom. The fourth-order valence-corrected chi connectivity index (χ4v) is 7.14. The number of aromatic nitrogens is 2. The van der Waals surface area contributed by atoms with E-state index in [0.717, 1.165) is 62.0 Å². The number of carbonyl (C=O) groups excluding carboxylic acids is 2. The number of pyridine rings is 2. The zero-order valence-corrected chi connectivity index (χ0v) is 29.5. The van der Waals surface area contributed by atoms with E-state index >= 15 is 0 Å². The molecule has 2 aliphatic rings. The van der Waals surface area contributed by atoms with Crippen LogP contribution in [0.5, 0.6) is 0 Å². The molecule has 2 saturated heterocycles. The van der Waals surface area contributed by atoms with E-state index in [9.17, 15) is 14.0 Å². The smallest absolute Gasteiger partial charge is 0.410 e. The van der Waals surface area contributed by atoms with Crippen molar-refractivity contribution in [2.45, 2.75) is 95.4 Å². The zero-order valence-electron chi connectivity index (χ0n) is 28.7. The van der Waals surface area contributed by atoms with Crippen LogP contribution in [-0.4, -0.2) is 58.1 Å². The molecule has 5 rings (SSSR count). The minimum absolute atomic E-state index is 0.107. The molecule has 2 amide bonds. The summed E-state index contributed by atoms with van der Waals surface area (Å²) in [6.45, 7) is 12.9. The number of piperidine rings is 1. The largest absolute Gasteiger partial charge is 0.445 e. The monoisotopic (exact) mass is 676 g/mol. The number of ether oxygens (including phenoxy) is 1. The van der Waals surface area contributed by atoms with Crippen molar-refractivity contribution >= 4 is 29.8 Å². The zero-order chi connectivity index (χ0) is 34.3. The summed E-state index contributed by atoms with van der Waals surface area (Å²) in [6, 6.07) is 18.7. The van der Waals surface area contributed by atoms with Gasteiger partial charge in [0.1, 0.15) is 17.5 Å². The van der Waals surface area contributed by atoms with Crippen LogP contribution in [0, 0.1) is 17.8 Å². The van der Waals surface area contributed by atoms with Gasteiger partial charge in [0.25, 0.3) is 5.91 Å². The molecule has 0 spiro atoms. The van der Waals surface area contributed by atoms with Gasteiger partial charge >= 0.3 is 6.09 Å². The first-order valence-corrected chi connectivity index (χ1v) is 17.8. The molecule has 3 aromatic rings. The first kappa shape index (κ1) is 35.6. The molecular weight excluding hydrogens is 628 g/mol. The highest BCUT2D eigenvalue weighted by Crippen LogP contribution is 2.32. The molecule has 48 heavy (non-hydrogen) atoms. The average molecular weight is 677 g/mol. The molecule has 0 saturated carbocycles. The third-order valence-corrected chi connectivity index (χ3v) is 10.0. The predicted octanol–water partition coefficient (Wildman–Crippen LogP) is 7.35. The fraction of sp³-hybridized carbons (Fsp3) is 0.514. The second-order valence-corrected chi connectivity index (χ2v) is 15.5. The summed E-state index contributed by atoms with van der Waals surface area (Å²) in [6.07, 6.45) is 4.68. The Labute approximate surface area is 288 Å². The Balaban J connectivity index is 1.19. The fourth-order valence-electron chi connectivity index (χ4n) is 6.54. The number of nitrogens with one attached hydrogen (secondary N) is 3. The summed E-state index contributed by atoms with van der Waals surface area (Å²) in [4.78, 5) is 36.2. The maximum absolute atomic E-state index is 14.7. The Kier molecular flexibility index (Phi) is 11.6. The van der Waals surface area contributed by atoms with Crippen LogP contribution in [0.15, 0.2) is 65.7 Å². The van der Waals surface area contributed by atoms with Crippen molar-refractivity contribution in [3.63, 3.8) is 0 Å². The van der Waals surface area contributed by atoms with E-state index in [0.29, 0.717) is 35.6 Å². The number of halogens is 1. The van der Waals surface area contributed by atoms with Crippen LogP contribution in [0.1, 0.15) is 88.3 Å². The molecule has 9 nitrogen and oxygen atoms in total. The molecule has 2 atom stereocenters. The first-order chi connectivity index (χ1) is 22.9. The van der Waals surface area contributed by atoms with Crippen LogP contribution in [0.4, 0.5) is 15.0 Å². The number of benzene rings is 1. The lowest BCUT2D eigenvalue weighted by Gasteiger charge is -2.36. The summed E-state index contributed by atoms with van der Waals surface area (Å²) in [5.41, 5.74) is 1.28. The number of nitrogens with zero attached hydrogens (tertiary/aromatic N) is 3. The summed E-state index contributed by atoms with van der Waals surface area (Å²) in [5.74, 6) is 0.328. The van der Waals surface area contributed by atoms with Crippen molar-refractivity contribution in [1.29, 1.82) is 0 Å². The normalized spacial score (nSPS) is 18.7. The van der Waals surface area contributed by atoms with Crippen LogP contribution in [0.25, 0.3) is 0 Å². The van der Waals surface area contributed by atoms with Crippen molar-refractivity contribution in [2.75, 3.05) is 25.0 Å². The van der Waals surface area contributed by atoms with E-state index in [-0.39, 0.29) is 35.3 Å². The van der Waals surface area contributed by atoms with E-state index in [4.69, 9.17) is 9.72 Å². The maximum Gasteiger partial charge on any atom is 0.410 e. The first-order valence-electron chi connectivity index (χ1n) is 16.9. The highest BCUT2D eigenvalue weighted by Gasteiger charge is 2.33. The van der Waals surface area contributed by atoms with Crippen molar-refractivity contribution in [2.24, 2.45) is 11.8 Å². The molecule has 2 unspecified atom stereocenters. The minimum atomic E-state index is -0.789. The number of carbonyl (C=O) groups is 2. The Bertz CT molecular complexity index is 1540. The molecule has 2 fully saturated rings. The lowest BCUT2D eigenvalue weighted by molar-refractivity contribution is 0.0799. The van der Waals surface area contributed by atoms with Crippen LogP contribution < -0.4 is 15.4 Å². The number of likely N-dealkylation sites (tertiary alicyclic amines) is 1. The highest BCUT2D eigenvalue weighted by atomic mass is 32.2. The number of hydrogen-bond acceptors (Lipinski definition) is 8. The number of anilines is 1. The average Bonchev–Trinajstić information content (AvgIpc) is 3.42. The van der Waals surface area contributed by atoms with Crippen molar-refractivity contribution in [1.82, 2.24) is 24.9 Å². The third-order valence-electron chi connectivity index (χ3n) is 9.29. The summed E-state index contributed by atoms with van der Waals surface area (Å²) in [5, 5.41) is 7.94. The van der Waals surface area contributed by atoms with Gasteiger partial charge in [-0.15, -0.1) is 0 Å². The molecule has 0 aliphatic carbocycles. The molecule has 2 aromatic heterocycles. The van der Waals surface area contributed by atoms with Crippen LogP contribution in [0.3, 0.4) is 0 Å². The van der Waals surface area contributed by atoms with Gasteiger partial charge in [0.2, 0.25) is 5.95 Å². The quantitative estimate of drug-likeness (QED) is 0.143. The van der Waals surface area contributed by atoms with Gasteiger partial charge in [0, 0.05) is 47.7 Å². The third kappa shape index (κ3) is 9.92. The van der Waals surface area contributed by atoms with E-state index in [1.807, 2.05) is 74.2 Å². The second kappa shape index (κ2) is 15.7. The predicted molar refractivity (Wildman–Crippen MR) is 188 cm³/mol. The van der Waals surface area contributed by atoms with Gasteiger partial charge < -0.3 is 20.3 Å². The molecular formula is C37H49FN6O3S. The number of amides is 2. The Hall–Kier alpha value is -3.70. The van der Waals surface area contributed by atoms with Crippen molar-refractivity contribution in [3.8, 4) is 0 Å². The molecule has 258 valence electrons. The van der Waals surface area contributed by atoms with Gasteiger partial charge in [-0.1, -0.05) is 57.2 Å². The van der Waals surface area contributed by atoms with Gasteiger partial charge in [0.05, 0.1) is 5.56 Å². The van der Waals surface area contributed by atoms with E-state index in [1.165, 1.54) is 6.07 Å². The standard InChI is InChI=1S/C37H49FN6O3S/c1-36(2,3)30-17-15-28(33(38)41-30)34(45)43-48-32-13-9-12-31(42-32)40-29(16-14-26-22-37(4,5)39-23-26)27-18-20-44(21-19-27)35(46)47-24-25-10-7-6-8-11-25/h6-13,15,17,26-27,29,39H,14,16,18-24H2,1-5H3,(H,40,42)(H,43,45). The summed E-state index contributed by atoms with van der Waals surface area (Å²) >= 11 is 1.05. The van der Waals surface area contributed by atoms with E-state index in [1.54, 1.807) is 6.07 Å². The van der Waals surface area contributed by atoms with Gasteiger partial charge in [0.15, 0.2) is 0 Å². The van der Waals surface area contributed by atoms with Crippen LogP contribution >= 0.6 is 11.9 Å². The molecule has 3 N–H and O–H groups in total. The van der Waals surface area contributed by atoms with Gasteiger partial charge in [-0.05, 0) is 94.2 Å². The van der Waals surface area contributed by atoms with Gasteiger partial charge in [-0.25, -0.2) is 14.8 Å². The van der Waals surface area contributed by atoms with Crippen molar-refractivity contribution < 1.29 is 18.7 Å². The number of rotatable bonds is 11. The van der Waals surface area contributed by atoms with E-state index in [2.05, 4.69) is 34.2 Å². The lowest BCUT2D eigenvalue weighted by atomic mass is 9.84. The summed E-state index contributed by atoms with van der Waals surface area (Å²) < 4.78 is 23.0. The SMILES string of the molecule is CC1(C)CC(CCC(Nc2cccc(SNC(=O)c3ccc(C(C)(C)C)nc3F)n2)C2CCN(C(=O)OCc3ccccc3)CC2)CN1. The molecule has 11 heteroatoms. The highest BCUT2D eigenvalue weighted by molar-refractivity contribution is 7.97.